The van der Waals surface area contributed by atoms with Gasteiger partial charge in [-0.1, -0.05) is 131 Å². The Morgan fingerprint density at radius 3 is 0.500 bits per heavy atom. The molecule has 0 amide bonds. The Bertz CT molecular complexity index is 471. The van der Waals surface area contributed by atoms with E-state index in [9.17, 15) is 0 Å². The van der Waals surface area contributed by atoms with Gasteiger partial charge in [-0.25, -0.2) is 0 Å². The molecule has 0 aromatic heterocycles. The monoisotopic (exact) mass is 697 g/mol. The molecule has 0 aromatic rings. The normalized spacial score (nSPS) is 27.6. The fourth-order valence-electron chi connectivity index (χ4n) is 10.1. The van der Waals surface area contributed by atoms with Gasteiger partial charge >= 0.3 is 27.0 Å². The van der Waals surface area contributed by atoms with Crippen LogP contribution in [-0.4, -0.2) is 34.0 Å². The van der Waals surface area contributed by atoms with Crippen LogP contribution in [0.2, 0.25) is 0 Å². The van der Waals surface area contributed by atoms with Crippen molar-refractivity contribution in [1.82, 2.24) is 0 Å². The van der Waals surface area contributed by atoms with Gasteiger partial charge in [0.05, 0.1) is 0 Å². The maximum absolute atomic E-state index is 4.57. The minimum absolute atomic E-state index is 0.385. The van der Waals surface area contributed by atoms with Crippen molar-refractivity contribution >= 4 is 25.5 Å². The molecule has 0 heterocycles. The van der Waals surface area contributed by atoms with Crippen molar-refractivity contribution in [2.75, 3.05) is 0 Å². The van der Waals surface area contributed by atoms with E-state index >= 15 is 0 Å². The van der Waals surface area contributed by atoms with E-state index in [1.807, 2.05) is 17.3 Å². The molecule has 40 heavy (non-hydrogen) atoms. The zero-order valence-corrected chi connectivity index (χ0v) is 30.6. The average molecular weight is 697 g/mol. The summed E-state index contributed by atoms with van der Waals surface area (Å²) >= 11 is 1.82. The molecular formula is C36H66ClP2Ru. The first-order chi connectivity index (χ1) is 19.9. The van der Waals surface area contributed by atoms with Crippen LogP contribution in [-0.2, 0) is 17.3 Å². The molecule has 0 unspecified atom stereocenters. The Morgan fingerprint density at radius 1 is 0.250 bits per heavy atom. The zero-order valence-electron chi connectivity index (χ0n) is 26.3. The van der Waals surface area contributed by atoms with Gasteiger partial charge in [-0.15, -0.1) is 0 Å². The van der Waals surface area contributed by atoms with Crippen molar-refractivity contribution in [3.63, 3.8) is 0 Å². The van der Waals surface area contributed by atoms with Crippen molar-refractivity contribution in [2.45, 2.75) is 227 Å². The van der Waals surface area contributed by atoms with Crippen LogP contribution in [0.5, 0.6) is 0 Å². The summed E-state index contributed by atoms with van der Waals surface area (Å²) in [6.07, 6.45) is 47.2. The summed E-state index contributed by atoms with van der Waals surface area (Å²) in [5.41, 5.74) is 7.14. The van der Waals surface area contributed by atoms with Gasteiger partial charge in [-0.2, -0.15) is 0 Å². The van der Waals surface area contributed by atoms with Crippen molar-refractivity contribution in [3.05, 3.63) is 0 Å². The molecule has 0 radical (unpaired) electrons. The van der Waals surface area contributed by atoms with Gasteiger partial charge < -0.3 is 0 Å². The molecule has 0 bridgehead atoms. The van der Waals surface area contributed by atoms with E-state index in [0.29, 0.717) is 15.8 Å². The van der Waals surface area contributed by atoms with Crippen LogP contribution in [0, 0.1) is 0 Å². The summed E-state index contributed by atoms with van der Waals surface area (Å²) < 4.78 is 0. The van der Waals surface area contributed by atoms with E-state index in [1.54, 1.807) is 154 Å². The number of halogens is 1. The summed E-state index contributed by atoms with van der Waals surface area (Å²) in [4.78, 5) is 0. The average Bonchev–Trinajstić information content (AvgIpc) is 3.06. The Morgan fingerprint density at radius 2 is 0.375 bits per heavy atom. The summed E-state index contributed by atoms with van der Waals surface area (Å²) in [7, 11) is 5.34. The predicted octanol–water partition coefficient (Wildman–Crippen LogP) is 13.6. The topological polar surface area (TPSA) is 0 Å². The van der Waals surface area contributed by atoms with Gasteiger partial charge in [0.1, 0.15) is 0 Å². The van der Waals surface area contributed by atoms with Gasteiger partial charge in [-0.05, 0) is 111 Å². The standard InChI is InChI=1S/2C18H33P.ClH.Ru/c2*1-4-10-16(11-5-1)19(17-12-6-2-7-13-17)18-14-8-3-9-15-18;;/h2*16-18H,1-15H2;1H;/q;;;+1/p-1. The van der Waals surface area contributed by atoms with Gasteiger partial charge in [0.25, 0.3) is 0 Å². The number of hydrogen-bond donors (Lipinski definition) is 0. The Balaban J connectivity index is 0.000000174. The van der Waals surface area contributed by atoms with Crippen LogP contribution in [0.4, 0.5) is 0 Å². The molecule has 6 rings (SSSR count). The fraction of sp³-hybridized carbons (Fsp3) is 1.00. The fourth-order valence-corrected chi connectivity index (χ4v) is 19.4. The molecule has 6 saturated carbocycles. The zero-order chi connectivity index (χ0) is 27.8. The molecular weight excluding hydrogens is 631 g/mol. The second kappa shape index (κ2) is 20.7. The van der Waals surface area contributed by atoms with Crippen LogP contribution in [0.15, 0.2) is 0 Å². The molecule has 0 aliphatic heterocycles. The molecule has 235 valence electrons. The quantitative estimate of drug-likeness (QED) is 0.192. The third kappa shape index (κ3) is 11.0. The van der Waals surface area contributed by atoms with E-state index in [4.69, 9.17) is 0 Å². The van der Waals surface area contributed by atoms with Gasteiger partial charge in [-0.3, -0.25) is 0 Å². The van der Waals surface area contributed by atoms with Crippen molar-refractivity contribution in [1.29, 1.82) is 0 Å². The molecule has 6 fully saturated rings. The Kier molecular flexibility index (Phi) is 18.0. The predicted molar refractivity (Wildman–Crippen MR) is 181 cm³/mol. The van der Waals surface area contributed by atoms with E-state index in [2.05, 4.69) is 9.69 Å². The summed E-state index contributed by atoms with van der Waals surface area (Å²) in [5, 5.41) is 0. The summed E-state index contributed by atoms with van der Waals surface area (Å²) in [5.74, 6) is 0. The Labute approximate surface area is 268 Å². The second-order valence-corrected chi connectivity index (χ2v) is 20.8. The van der Waals surface area contributed by atoms with Crippen LogP contribution >= 0.6 is 25.5 Å². The molecule has 0 aromatic carbocycles. The molecule has 0 saturated heterocycles. The molecule has 0 spiro atoms. The third-order valence-electron chi connectivity index (χ3n) is 12.0. The minimum atomic E-state index is 0.385. The SMILES string of the molecule is C1CCC(P(C2CCCCC2)C2CCCCC2)CC1.C1CCC(P(C2CCCCC2)C2CCCCC2)CC1.[Cl][Ru]. The third-order valence-corrected chi connectivity index (χ3v) is 20.1. The summed E-state index contributed by atoms with van der Waals surface area (Å²) in [6, 6.07) is 0. The summed E-state index contributed by atoms with van der Waals surface area (Å²) in [6.45, 7) is 0. The van der Waals surface area contributed by atoms with E-state index in [1.165, 1.54) is 72.5 Å². The van der Waals surface area contributed by atoms with Crippen molar-refractivity contribution < 1.29 is 17.3 Å². The molecule has 0 N–H and O–H groups in total. The second-order valence-electron chi connectivity index (χ2n) is 14.6. The first-order valence-electron chi connectivity index (χ1n) is 18.6. The van der Waals surface area contributed by atoms with Gasteiger partial charge in [0.15, 0.2) is 0 Å². The van der Waals surface area contributed by atoms with Gasteiger partial charge in [0.2, 0.25) is 0 Å². The molecule has 4 heteroatoms. The Hall–Kier alpha value is 1.77. The van der Waals surface area contributed by atoms with E-state index in [0.717, 1.165) is 0 Å². The van der Waals surface area contributed by atoms with Crippen LogP contribution < -0.4 is 0 Å². The van der Waals surface area contributed by atoms with Crippen LogP contribution in [0.25, 0.3) is 0 Å². The number of hydrogen-bond acceptors (Lipinski definition) is 0. The van der Waals surface area contributed by atoms with Crippen molar-refractivity contribution in [2.24, 2.45) is 0 Å². The van der Waals surface area contributed by atoms with Crippen LogP contribution in [0.3, 0.4) is 0 Å². The maximum atomic E-state index is 4.57. The van der Waals surface area contributed by atoms with E-state index < -0.39 is 0 Å². The van der Waals surface area contributed by atoms with Crippen molar-refractivity contribution in [3.8, 4) is 0 Å². The van der Waals surface area contributed by atoms with Gasteiger partial charge in [0, 0.05) is 0 Å². The van der Waals surface area contributed by atoms with Crippen LogP contribution in [0.1, 0.15) is 193 Å². The first-order valence-corrected chi connectivity index (χ1v) is 23.9. The molecule has 0 nitrogen and oxygen atoms in total. The molecule has 6 aliphatic carbocycles. The first kappa shape index (κ1) is 34.6. The number of rotatable bonds is 6. The molecule has 6 aliphatic rings. The van der Waals surface area contributed by atoms with E-state index in [-0.39, 0.29) is 0 Å². The molecule has 0 atom stereocenters.